The Morgan fingerprint density at radius 1 is 1.04 bits per heavy atom. The van der Waals surface area contributed by atoms with Crippen molar-refractivity contribution in [1.29, 1.82) is 0 Å². The van der Waals surface area contributed by atoms with Crippen LogP contribution in [-0.4, -0.2) is 16.7 Å². The number of aliphatic hydroxyl groups excluding tert-OH is 1. The Hall–Kier alpha value is -2.39. The fourth-order valence-corrected chi connectivity index (χ4v) is 2.03. The molecule has 2 aromatic carbocycles. The zero-order chi connectivity index (χ0) is 16.9. The second-order valence-electron chi connectivity index (χ2n) is 6.34. The van der Waals surface area contributed by atoms with Crippen LogP contribution in [0.2, 0.25) is 0 Å². The van der Waals surface area contributed by atoms with Gasteiger partial charge in [-0.2, -0.15) is 0 Å². The van der Waals surface area contributed by atoms with E-state index in [0.29, 0.717) is 5.56 Å². The predicted octanol–water partition coefficient (Wildman–Crippen LogP) is 4.39. The summed E-state index contributed by atoms with van der Waals surface area (Å²) in [6.45, 7) is 5.49. The third-order valence-corrected chi connectivity index (χ3v) is 3.16. The van der Waals surface area contributed by atoms with Crippen molar-refractivity contribution < 1.29 is 14.6 Å². The minimum absolute atomic E-state index is 0.363. The highest BCUT2D eigenvalue weighted by Crippen LogP contribution is 2.18. The smallest absolute Gasteiger partial charge is 0.338 e. The molecule has 1 unspecified atom stereocenters. The van der Waals surface area contributed by atoms with Crippen LogP contribution in [0.1, 0.15) is 48.4 Å². The number of carbonyl (C=O) groups is 1. The molecule has 3 nitrogen and oxygen atoms in total. The zero-order valence-corrected chi connectivity index (χ0v) is 13.7. The first-order chi connectivity index (χ1) is 10.8. The number of rotatable bonds is 4. The highest BCUT2D eigenvalue weighted by Gasteiger charge is 2.17. The van der Waals surface area contributed by atoms with Gasteiger partial charge in [-0.1, -0.05) is 54.6 Å². The number of hydrogen-bond acceptors (Lipinski definition) is 3. The van der Waals surface area contributed by atoms with Gasteiger partial charge in [-0.05, 0) is 44.0 Å². The molecule has 0 aliphatic heterocycles. The van der Waals surface area contributed by atoms with Crippen molar-refractivity contribution in [3.63, 3.8) is 0 Å². The highest BCUT2D eigenvalue weighted by atomic mass is 16.6. The Morgan fingerprint density at radius 2 is 1.65 bits per heavy atom. The number of ether oxygens (including phenoxy) is 1. The standard InChI is InChI=1S/C20H22O3/c1-20(2,3)23-19(22)17-12-10-16(11-13-17)18(21)14-9-15-7-5-4-6-8-15/h4-14,18,21H,1-3H3/b14-9+. The summed E-state index contributed by atoms with van der Waals surface area (Å²) in [6, 6.07) is 16.6. The predicted molar refractivity (Wildman–Crippen MR) is 92.0 cm³/mol. The summed E-state index contributed by atoms with van der Waals surface area (Å²) < 4.78 is 5.31. The molecule has 0 bridgehead atoms. The van der Waals surface area contributed by atoms with Crippen molar-refractivity contribution in [2.75, 3.05) is 0 Å². The molecule has 1 N–H and O–H groups in total. The average Bonchev–Trinajstić information content (AvgIpc) is 2.52. The van der Waals surface area contributed by atoms with E-state index in [-0.39, 0.29) is 5.97 Å². The van der Waals surface area contributed by atoms with Gasteiger partial charge in [0.2, 0.25) is 0 Å². The number of benzene rings is 2. The fourth-order valence-electron chi connectivity index (χ4n) is 2.03. The summed E-state index contributed by atoms with van der Waals surface area (Å²) in [7, 11) is 0. The van der Waals surface area contributed by atoms with Gasteiger partial charge in [-0.15, -0.1) is 0 Å². The van der Waals surface area contributed by atoms with E-state index in [9.17, 15) is 9.90 Å². The van der Waals surface area contributed by atoms with E-state index in [2.05, 4.69) is 0 Å². The lowest BCUT2D eigenvalue weighted by atomic mass is 10.1. The SMILES string of the molecule is CC(C)(C)OC(=O)c1ccc(C(O)/C=C/c2ccccc2)cc1. The minimum atomic E-state index is -0.720. The normalized spacial score (nSPS) is 13.0. The van der Waals surface area contributed by atoms with E-state index in [1.165, 1.54) is 0 Å². The summed E-state index contributed by atoms with van der Waals surface area (Å²) in [6.07, 6.45) is 2.87. The topological polar surface area (TPSA) is 46.5 Å². The molecule has 23 heavy (non-hydrogen) atoms. The van der Waals surface area contributed by atoms with Crippen LogP contribution in [0.3, 0.4) is 0 Å². The lowest BCUT2D eigenvalue weighted by Crippen LogP contribution is -2.23. The highest BCUT2D eigenvalue weighted by molar-refractivity contribution is 5.89. The Kier molecular flexibility index (Phi) is 5.35. The van der Waals surface area contributed by atoms with Crippen molar-refractivity contribution >= 4 is 12.0 Å². The van der Waals surface area contributed by atoms with Crippen LogP contribution in [0.4, 0.5) is 0 Å². The van der Waals surface area contributed by atoms with E-state index < -0.39 is 11.7 Å². The van der Waals surface area contributed by atoms with Gasteiger partial charge in [0.1, 0.15) is 5.60 Å². The first kappa shape index (κ1) is 17.0. The van der Waals surface area contributed by atoms with Gasteiger partial charge in [0.15, 0.2) is 0 Å². The zero-order valence-electron chi connectivity index (χ0n) is 13.7. The van der Waals surface area contributed by atoms with Gasteiger partial charge >= 0.3 is 5.97 Å². The number of hydrogen-bond donors (Lipinski definition) is 1. The van der Waals surface area contributed by atoms with Gasteiger partial charge < -0.3 is 9.84 Å². The molecule has 2 aromatic rings. The van der Waals surface area contributed by atoms with Gasteiger partial charge in [-0.25, -0.2) is 4.79 Å². The molecule has 0 aliphatic carbocycles. The quantitative estimate of drug-likeness (QED) is 0.852. The van der Waals surface area contributed by atoms with Crippen LogP contribution in [0.5, 0.6) is 0 Å². The largest absolute Gasteiger partial charge is 0.456 e. The lowest BCUT2D eigenvalue weighted by Gasteiger charge is -2.19. The monoisotopic (exact) mass is 310 g/mol. The van der Waals surface area contributed by atoms with Crippen LogP contribution in [0, 0.1) is 0 Å². The Labute approximate surface area is 137 Å². The summed E-state index contributed by atoms with van der Waals surface area (Å²) in [5, 5.41) is 10.2. The molecule has 0 heterocycles. The first-order valence-corrected chi connectivity index (χ1v) is 7.60. The van der Waals surface area contributed by atoms with E-state index in [0.717, 1.165) is 11.1 Å². The number of esters is 1. The molecular formula is C20H22O3. The number of aliphatic hydroxyl groups is 1. The molecule has 0 saturated heterocycles. The van der Waals surface area contributed by atoms with Gasteiger partial charge in [0.05, 0.1) is 11.7 Å². The van der Waals surface area contributed by atoms with Gasteiger partial charge in [-0.3, -0.25) is 0 Å². The molecule has 0 radical (unpaired) electrons. The second-order valence-corrected chi connectivity index (χ2v) is 6.34. The summed E-state index contributed by atoms with van der Waals surface area (Å²) in [5.74, 6) is -0.363. The average molecular weight is 310 g/mol. The van der Waals surface area contributed by atoms with Crippen LogP contribution in [0.15, 0.2) is 60.7 Å². The van der Waals surface area contributed by atoms with E-state index in [4.69, 9.17) is 4.74 Å². The molecule has 120 valence electrons. The lowest BCUT2D eigenvalue weighted by molar-refractivity contribution is 0.00694. The minimum Gasteiger partial charge on any atom is -0.456 e. The third-order valence-electron chi connectivity index (χ3n) is 3.16. The van der Waals surface area contributed by atoms with Crippen molar-refractivity contribution in [3.8, 4) is 0 Å². The maximum atomic E-state index is 12.0. The van der Waals surface area contributed by atoms with Crippen LogP contribution >= 0.6 is 0 Å². The Bertz CT molecular complexity index is 664. The molecule has 0 spiro atoms. The molecule has 3 heteroatoms. The molecule has 0 saturated carbocycles. The number of carbonyl (C=O) groups excluding carboxylic acids is 1. The van der Waals surface area contributed by atoms with E-state index >= 15 is 0 Å². The van der Waals surface area contributed by atoms with Crippen molar-refractivity contribution in [2.24, 2.45) is 0 Å². The van der Waals surface area contributed by atoms with Crippen molar-refractivity contribution in [1.82, 2.24) is 0 Å². The van der Waals surface area contributed by atoms with Crippen molar-refractivity contribution in [2.45, 2.75) is 32.5 Å². The molecular weight excluding hydrogens is 288 g/mol. The Balaban J connectivity index is 2.04. The summed E-state index contributed by atoms with van der Waals surface area (Å²) in [5.41, 5.74) is 1.71. The van der Waals surface area contributed by atoms with E-state index in [1.807, 2.05) is 57.2 Å². The molecule has 2 rings (SSSR count). The summed E-state index contributed by atoms with van der Waals surface area (Å²) in [4.78, 5) is 12.0. The Morgan fingerprint density at radius 3 is 2.22 bits per heavy atom. The van der Waals surface area contributed by atoms with E-state index in [1.54, 1.807) is 30.3 Å². The second kappa shape index (κ2) is 7.25. The maximum Gasteiger partial charge on any atom is 0.338 e. The molecule has 1 atom stereocenters. The van der Waals surface area contributed by atoms with Gasteiger partial charge in [0.25, 0.3) is 0 Å². The van der Waals surface area contributed by atoms with Crippen LogP contribution in [-0.2, 0) is 4.74 Å². The van der Waals surface area contributed by atoms with Crippen LogP contribution < -0.4 is 0 Å². The van der Waals surface area contributed by atoms with Gasteiger partial charge in [0, 0.05) is 0 Å². The molecule has 0 fully saturated rings. The molecule has 0 aromatic heterocycles. The third kappa shape index (κ3) is 5.38. The first-order valence-electron chi connectivity index (χ1n) is 7.60. The summed E-state index contributed by atoms with van der Waals surface area (Å²) >= 11 is 0. The fraction of sp³-hybridized carbons (Fsp3) is 0.250. The molecule has 0 aliphatic rings. The van der Waals surface area contributed by atoms with Crippen LogP contribution in [0.25, 0.3) is 6.08 Å². The molecule has 0 amide bonds. The van der Waals surface area contributed by atoms with Crippen molar-refractivity contribution in [3.05, 3.63) is 77.4 Å². The maximum absolute atomic E-state index is 12.0.